The van der Waals surface area contributed by atoms with E-state index in [0.717, 1.165) is 27.4 Å². The van der Waals surface area contributed by atoms with Crippen molar-refractivity contribution in [3.63, 3.8) is 0 Å². The molecule has 0 aliphatic heterocycles. The van der Waals surface area contributed by atoms with Gasteiger partial charge in [0.25, 0.3) is 5.91 Å². The van der Waals surface area contributed by atoms with E-state index < -0.39 is 0 Å². The number of methoxy groups -OCH3 is 1. The third-order valence-corrected chi connectivity index (χ3v) is 5.58. The van der Waals surface area contributed by atoms with Gasteiger partial charge in [-0.15, -0.1) is 11.3 Å². The van der Waals surface area contributed by atoms with Gasteiger partial charge >= 0.3 is 0 Å². The average molecular weight is 422 g/mol. The molecule has 1 N–H and O–H groups in total. The Kier molecular flexibility index (Phi) is 5.33. The maximum absolute atomic E-state index is 13.2. The number of nitrogens with zero attached hydrogens (tertiary/aromatic N) is 3. The minimum absolute atomic E-state index is 0.277. The number of halogens is 1. The zero-order valence-corrected chi connectivity index (χ0v) is 17.5. The van der Waals surface area contributed by atoms with E-state index in [-0.39, 0.29) is 11.7 Å². The van der Waals surface area contributed by atoms with Gasteiger partial charge in [0.05, 0.1) is 18.5 Å². The van der Waals surface area contributed by atoms with E-state index >= 15 is 0 Å². The van der Waals surface area contributed by atoms with Crippen LogP contribution in [-0.4, -0.2) is 27.8 Å². The molecule has 152 valence electrons. The highest BCUT2D eigenvalue weighted by Gasteiger charge is 2.16. The molecule has 0 bridgehead atoms. The number of anilines is 1. The molecule has 4 aromatic rings. The number of benzene rings is 2. The molecule has 8 heteroatoms. The van der Waals surface area contributed by atoms with Gasteiger partial charge in [-0.25, -0.2) is 9.37 Å². The lowest BCUT2D eigenvalue weighted by Gasteiger charge is -2.11. The Morgan fingerprint density at radius 1 is 1.17 bits per heavy atom. The molecular weight excluding hydrogens is 403 g/mol. The molecule has 2 aromatic heterocycles. The number of aryl methyl sites for hydroxylation is 2. The van der Waals surface area contributed by atoms with Crippen LogP contribution >= 0.6 is 11.3 Å². The number of carbonyl (C=O) groups is 1. The van der Waals surface area contributed by atoms with E-state index in [1.807, 2.05) is 20.0 Å². The van der Waals surface area contributed by atoms with Crippen LogP contribution in [0.15, 0.2) is 54.7 Å². The van der Waals surface area contributed by atoms with Crippen LogP contribution < -0.4 is 10.1 Å². The van der Waals surface area contributed by atoms with Gasteiger partial charge in [-0.2, -0.15) is 5.10 Å². The SMILES string of the molecule is COc1ccc(C(=O)Nc2nc(-c3ccc(F)cc3)c(C)s2)cc1-c1ccnn1C. The summed E-state index contributed by atoms with van der Waals surface area (Å²) in [7, 11) is 3.42. The quantitative estimate of drug-likeness (QED) is 0.496. The molecule has 0 spiro atoms. The van der Waals surface area contributed by atoms with Gasteiger partial charge < -0.3 is 4.74 Å². The summed E-state index contributed by atoms with van der Waals surface area (Å²) in [6.07, 6.45) is 1.69. The minimum Gasteiger partial charge on any atom is -0.496 e. The molecule has 0 aliphatic carbocycles. The van der Waals surface area contributed by atoms with Crippen molar-refractivity contribution < 1.29 is 13.9 Å². The second-order valence-electron chi connectivity index (χ2n) is 6.64. The number of hydrogen-bond donors (Lipinski definition) is 1. The molecule has 0 atom stereocenters. The summed E-state index contributed by atoms with van der Waals surface area (Å²) in [4.78, 5) is 18.3. The van der Waals surface area contributed by atoms with E-state index in [0.29, 0.717) is 16.4 Å². The summed E-state index contributed by atoms with van der Waals surface area (Å²) in [6, 6.07) is 13.2. The van der Waals surface area contributed by atoms with Crippen LogP contribution in [0, 0.1) is 12.7 Å². The maximum Gasteiger partial charge on any atom is 0.257 e. The number of ether oxygens (including phenoxy) is 1. The van der Waals surface area contributed by atoms with Gasteiger partial charge in [-0.3, -0.25) is 14.8 Å². The van der Waals surface area contributed by atoms with Crippen LogP contribution in [0.25, 0.3) is 22.5 Å². The lowest BCUT2D eigenvalue weighted by atomic mass is 10.1. The van der Waals surface area contributed by atoms with Crippen LogP contribution in [0.5, 0.6) is 5.75 Å². The third kappa shape index (κ3) is 3.81. The summed E-state index contributed by atoms with van der Waals surface area (Å²) in [5, 5.41) is 7.52. The smallest absolute Gasteiger partial charge is 0.257 e. The monoisotopic (exact) mass is 422 g/mol. The molecule has 1 amide bonds. The van der Waals surface area contributed by atoms with Crippen molar-refractivity contribution in [2.75, 3.05) is 12.4 Å². The highest BCUT2D eigenvalue weighted by atomic mass is 32.1. The Bertz CT molecular complexity index is 1210. The van der Waals surface area contributed by atoms with E-state index in [1.165, 1.54) is 23.5 Å². The van der Waals surface area contributed by atoms with Crippen molar-refractivity contribution in [1.29, 1.82) is 0 Å². The van der Waals surface area contributed by atoms with Gasteiger partial charge in [0.2, 0.25) is 0 Å². The summed E-state index contributed by atoms with van der Waals surface area (Å²) in [6.45, 7) is 1.92. The molecule has 2 aromatic carbocycles. The second kappa shape index (κ2) is 8.08. The van der Waals surface area contributed by atoms with Crippen LogP contribution in [0.1, 0.15) is 15.2 Å². The fourth-order valence-electron chi connectivity index (χ4n) is 3.18. The van der Waals surface area contributed by atoms with Crippen LogP contribution in [0.2, 0.25) is 0 Å². The van der Waals surface area contributed by atoms with Crippen LogP contribution in [0.4, 0.5) is 9.52 Å². The van der Waals surface area contributed by atoms with E-state index in [1.54, 1.807) is 48.3 Å². The molecular formula is C22H19FN4O2S. The van der Waals surface area contributed by atoms with E-state index in [9.17, 15) is 9.18 Å². The largest absolute Gasteiger partial charge is 0.496 e. The summed E-state index contributed by atoms with van der Waals surface area (Å²) in [5.41, 5.74) is 3.61. The lowest BCUT2D eigenvalue weighted by molar-refractivity contribution is 0.102. The Morgan fingerprint density at radius 2 is 1.93 bits per heavy atom. The predicted molar refractivity (Wildman–Crippen MR) is 115 cm³/mol. The number of nitrogens with one attached hydrogen (secondary N) is 1. The Hall–Kier alpha value is -3.52. The van der Waals surface area contributed by atoms with Gasteiger partial charge in [0.15, 0.2) is 5.13 Å². The number of rotatable bonds is 5. The second-order valence-corrected chi connectivity index (χ2v) is 7.84. The number of carbonyl (C=O) groups excluding carboxylic acids is 1. The first kappa shape index (κ1) is 19.8. The zero-order chi connectivity index (χ0) is 21.3. The highest BCUT2D eigenvalue weighted by Crippen LogP contribution is 2.32. The van der Waals surface area contributed by atoms with Gasteiger partial charge in [0, 0.05) is 34.8 Å². The Morgan fingerprint density at radius 3 is 2.60 bits per heavy atom. The molecule has 2 heterocycles. The highest BCUT2D eigenvalue weighted by molar-refractivity contribution is 7.16. The van der Waals surface area contributed by atoms with Gasteiger partial charge in [-0.1, -0.05) is 0 Å². The van der Waals surface area contributed by atoms with Crippen molar-refractivity contribution in [2.24, 2.45) is 7.05 Å². The number of hydrogen-bond acceptors (Lipinski definition) is 5. The Labute approximate surface area is 177 Å². The maximum atomic E-state index is 13.2. The molecule has 0 aliphatic rings. The lowest BCUT2D eigenvalue weighted by Crippen LogP contribution is -2.12. The van der Waals surface area contributed by atoms with Crippen LogP contribution in [0.3, 0.4) is 0 Å². The molecule has 4 rings (SSSR count). The molecule has 30 heavy (non-hydrogen) atoms. The molecule has 0 radical (unpaired) electrons. The van der Waals surface area contributed by atoms with Crippen molar-refractivity contribution in [1.82, 2.24) is 14.8 Å². The van der Waals surface area contributed by atoms with E-state index in [4.69, 9.17) is 4.74 Å². The molecule has 0 saturated heterocycles. The fraction of sp³-hybridized carbons (Fsp3) is 0.136. The van der Waals surface area contributed by atoms with Crippen molar-refractivity contribution in [2.45, 2.75) is 6.92 Å². The Balaban J connectivity index is 1.61. The summed E-state index contributed by atoms with van der Waals surface area (Å²) in [5.74, 6) is 0.0724. The van der Waals surface area contributed by atoms with Crippen molar-refractivity contribution in [3.05, 3.63) is 71.0 Å². The molecule has 0 unspecified atom stereocenters. The number of amides is 1. The van der Waals surface area contributed by atoms with Crippen molar-refractivity contribution in [3.8, 4) is 28.3 Å². The first-order chi connectivity index (χ1) is 14.5. The normalized spacial score (nSPS) is 10.8. The topological polar surface area (TPSA) is 69.0 Å². The summed E-state index contributed by atoms with van der Waals surface area (Å²) >= 11 is 1.37. The molecule has 6 nitrogen and oxygen atoms in total. The molecule has 0 saturated carbocycles. The third-order valence-electron chi connectivity index (χ3n) is 4.69. The molecule has 0 fully saturated rings. The first-order valence-corrected chi connectivity index (χ1v) is 9.99. The van der Waals surface area contributed by atoms with E-state index in [2.05, 4.69) is 15.4 Å². The first-order valence-electron chi connectivity index (χ1n) is 9.17. The van der Waals surface area contributed by atoms with Crippen LogP contribution in [-0.2, 0) is 7.05 Å². The standard InChI is InChI=1S/C22H19FN4O2S/c1-13-20(14-4-7-16(23)8-5-14)25-22(30-13)26-21(28)15-6-9-19(29-3)17(12-15)18-10-11-24-27(18)2/h4-12H,1-3H3,(H,25,26,28). The minimum atomic E-state index is -0.302. The predicted octanol–water partition coefficient (Wildman–Crippen LogP) is 4.92. The van der Waals surface area contributed by atoms with Crippen molar-refractivity contribution >= 4 is 22.4 Å². The zero-order valence-electron chi connectivity index (χ0n) is 16.6. The number of aromatic nitrogens is 3. The summed E-state index contributed by atoms with van der Waals surface area (Å²) < 4.78 is 20.4. The average Bonchev–Trinajstić information content (AvgIpc) is 3.33. The number of thiazole rings is 1. The van der Waals surface area contributed by atoms with Gasteiger partial charge in [-0.05, 0) is 55.5 Å². The fourth-order valence-corrected chi connectivity index (χ4v) is 4.01. The van der Waals surface area contributed by atoms with Gasteiger partial charge in [0.1, 0.15) is 11.6 Å².